The zero-order valence-corrected chi connectivity index (χ0v) is 17.7. The first-order valence-corrected chi connectivity index (χ1v) is 9.22. The molecule has 5 nitrogen and oxygen atoms in total. The lowest BCUT2D eigenvalue weighted by atomic mass is 10.0. The molecule has 0 spiro atoms. The van der Waals surface area contributed by atoms with Gasteiger partial charge in [-0.1, -0.05) is 30.3 Å². The standard InChI is InChI=1S/C19H20N4OS.HI/c1-20-19(23-9-8-14-5-2-3-6-15(14)12-23)21-11-16-13-24-18(22-16)17-7-4-10-25-17;/h2-7,10,13H,8-9,11-12H2,1H3,(H,20,21);1H. The number of fused-ring (bicyclic) bond motifs is 1. The van der Waals surface area contributed by atoms with Crippen LogP contribution in [0, 0.1) is 0 Å². The normalized spacial score (nSPS) is 13.9. The number of guanidine groups is 1. The number of hydrogen-bond acceptors (Lipinski definition) is 4. The third-order valence-electron chi connectivity index (χ3n) is 4.35. The zero-order chi connectivity index (χ0) is 17.1. The third-order valence-corrected chi connectivity index (χ3v) is 5.21. The van der Waals surface area contributed by atoms with Gasteiger partial charge in [0.1, 0.15) is 6.26 Å². The highest BCUT2D eigenvalue weighted by molar-refractivity contribution is 14.0. The van der Waals surface area contributed by atoms with Crippen molar-refractivity contribution < 1.29 is 4.42 Å². The molecule has 0 bridgehead atoms. The van der Waals surface area contributed by atoms with Crippen LogP contribution in [0.25, 0.3) is 10.8 Å². The van der Waals surface area contributed by atoms with Crippen molar-refractivity contribution in [2.75, 3.05) is 13.6 Å². The van der Waals surface area contributed by atoms with Crippen LogP contribution in [0.2, 0.25) is 0 Å². The summed E-state index contributed by atoms with van der Waals surface area (Å²) < 4.78 is 5.57. The number of thiophene rings is 1. The summed E-state index contributed by atoms with van der Waals surface area (Å²) in [5, 5.41) is 5.42. The minimum absolute atomic E-state index is 0. The van der Waals surface area contributed by atoms with Crippen LogP contribution in [0.1, 0.15) is 16.8 Å². The van der Waals surface area contributed by atoms with Crippen molar-refractivity contribution in [2.24, 2.45) is 4.99 Å². The average Bonchev–Trinajstić information content (AvgIpc) is 3.33. The highest BCUT2D eigenvalue weighted by atomic mass is 127. The Hall–Kier alpha value is -1.87. The number of halogens is 1. The summed E-state index contributed by atoms with van der Waals surface area (Å²) in [4.78, 5) is 12.3. The van der Waals surface area contributed by atoms with E-state index in [1.807, 2.05) is 24.6 Å². The maximum Gasteiger partial charge on any atom is 0.236 e. The first kappa shape index (κ1) is 18.9. The van der Waals surface area contributed by atoms with Crippen molar-refractivity contribution in [1.82, 2.24) is 15.2 Å². The fourth-order valence-electron chi connectivity index (χ4n) is 3.08. The Kier molecular flexibility index (Phi) is 6.31. The van der Waals surface area contributed by atoms with Crippen molar-refractivity contribution in [3.63, 3.8) is 0 Å². The molecule has 1 aromatic carbocycles. The molecule has 0 unspecified atom stereocenters. The SMILES string of the molecule is CN=C(NCc1coc(-c2cccs2)n1)N1CCc2ccccc2C1.I. The molecule has 0 saturated carbocycles. The molecule has 7 heteroatoms. The Labute approximate surface area is 174 Å². The van der Waals surface area contributed by atoms with Crippen LogP contribution in [0.15, 0.2) is 57.5 Å². The van der Waals surface area contributed by atoms with Crippen LogP contribution >= 0.6 is 35.3 Å². The van der Waals surface area contributed by atoms with E-state index in [9.17, 15) is 0 Å². The first-order valence-electron chi connectivity index (χ1n) is 8.34. The van der Waals surface area contributed by atoms with Gasteiger partial charge in [-0.3, -0.25) is 4.99 Å². The third kappa shape index (κ3) is 4.09. The number of aliphatic imine (C=N–C) groups is 1. The number of aromatic nitrogens is 1. The van der Waals surface area contributed by atoms with E-state index < -0.39 is 0 Å². The maximum atomic E-state index is 5.57. The molecule has 3 heterocycles. The van der Waals surface area contributed by atoms with E-state index in [0.717, 1.165) is 36.0 Å². The molecule has 0 fully saturated rings. The lowest BCUT2D eigenvalue weighted by Gasteiger charge is -2.31. The van der Waals surface area contributed by atoms with Gasteiger partial charge < -0.3 is 14.6 Å². The van der Waals surface area contributed by atoms with Gasteiger partial charge in [-0.15, -0.1) is 35.3 Å². The van der Waals surface area contributed by atoms with Gasteiger partial charge in [-0.2, -0.15) is 0 Å². The highest BCUT2D eigenvalue weighted by Gasteiger charge is 2.19. The van der Waals surface area contributed by atoms with Crippen LogP contribution in [0.5, 0.6) is 0 Å². The molecule has 1 N–H and O–H groups in total. The molecule has 1 aliphatic rings. The van der Waals surface area contributed by atoms with Crippen LogP contribution < -0.4 is 5.32 Å². The van der Waals surface area contributed by atoms with Crippen molar-refractivity contribution in [1.29, 1.82) is 0 Å². The molecule has 136 valence electrons. The number of oxazole rings is 1. The van der Waals surface area contributed by atoms with E-state index in [-0.39, 0.29) is 24.0 Å². The van der Waals surface area contributed by atoms with E-state index in [1.165, 1.54) is 11.1 Å². The molecule has 0 aliphatic carbocycles. The Morgan fingerprint density at radius 3 is 2.88 bits per heavy atom. The Bertz CT molecular complexity index is 875. The van der Waals surface area contributed by atoms with E-state index in [0.29, 0.717) is 12.4 Å². The van der Waals surface area contributed by atoms with Gasteiger partial charge in [-0.25, -0.2) is 4.98 Å². The number of rotatable bonds is 3. The van der Waals surface area contributed by atoms with Crippen LogP contribution in [0.3, 0.4) is 0 Å². The molecule has 0 atom stereocenters. The van der Waals surface area contributed by atoms with Crippen molar-refractivity contribution in [3.05, 3.63) is 64.9 Å². The molecule has 0 radical (unpaired) electrons. The molecule has 2 aromatic heterocycles. The van der Waals surface area contributed by atoms with Crippen LogP contribution in [0.4, 0.5) is 0 Å². The molecule has 26 heavy (non-hydrogen) atoms. The van der Waals surface area contributed by atoms with Gasteiger partial charge in [0.05, 0.1) is 17.1 Å². The fraction of sp³-hybridized carbons (Fsp3) is 0.263. The van der Waals surface area contributed by atoms with Gasteiger partial charge >= 0.3 is 0 Å². The van der Waals surface area contributed by atoms with Crippen LogP contribution in [-0.4, -0.2) is 29.4 Å². The smallest absolute Gasteiger partial charge is 0.236 e. The fourth-order valence-corrected chi connectivity index (χ4v) is 3.74. The molecule has 3 aromatic rings. The molecular formula is C19H21IN4OS. The predicted molar refractivity (Wildman–Crippen MR) is 116 cm³/mol. The van der Waals surface area contributed by atoms with Gasteiger partial charge in [0.15, 0.2) is 5.96 Å². The number of nitrogens with zero attached hydrogens (tertiary/aromatic N) is 3. The quantitative estimate of drug-likeness (QED) is 0.348. The lowest BCUT2D eigenvalue weighted by Crippen LogP contribution is -2.43. The minimum atomic E-state index is 0. The van der Waals surface area contributed by atoms with Gasteiger partial charge in [-0.05, 0) is 29.0 Å². The molecule has 1 aliphatic heterocycles. The summed E-state index contributed by atoms with van der Waals surface area (Å²) in [7, 11) is 1.82. The average molecular weight is 480 g/mol. The summed E-state index contributed by atoms with van der Waals surface area (Å²) in [6.07, 6.45) is 2.75. The maximum absolute atomic E-state index is 5.57. The van der Waals surface area contributed by atoms with Crippen LogP contribution in [-0.2, 0) is 19.5 Å². The highest BCUT2D eigenvalue weighted by Crippen LogP contribution is 2.23. The van der Waals surface area contributed by atoms with Gasteiger partial charge in [0.2, 0.25) is 5.89 Å². The topological polar surface area (TPSA) is 53.7 Å². The second-order valence-electron chi connectivity index (χ2n) is 5.96. The van der Waals surface area contributed by atoms with E-state index in [1.54, 1.807) is 17.6 Å². The predicted octanol–water partition coefficient (Wildman–Crippen LogP) is 4.15. The molecule has 0 amide bonds. The van der Waals surface area contributed by atoms with Crippen molar-refractivity contribution >= 4 is 41.3 Å². The first-order chi connectivity index (χ1) is 12.3. The second kappa shape index (κ2) is 8.68. The van der Waals surface area contributed by atoms with Crippen molar-refractivity contribution in [3.8, 4) is 10.8 Å². The van der Waals surface area contributed by atoms with E-state index in [4.69, 9.17) is 4.42 Å². The Morgan fingerprint density at radius 1 is 1.27 bits per heavy atom. The van der Waals surface area contributed by atoms with Crippen molar-refractivity contribution in [2.45, 2.75) is 19.5 Å². The summed E-state index contributed by atoms with van der Waals surface area (Å²) in [5.74, 6) is 1.57. The largest absolute Gasteiger partial charge is 0.443 e. The molecule has 0 saturated heterocycles. The molecular weight excluding hydrogens is 459 g/mol. The zero-order valence-electron chi connectivity index (χ0n) is 14.5. The summed E-state index contributed by atoms with van der Waals surface area (Å²) in [6, 6.07) is 12.6. The lowest BCUT2D eigenvalue weighted by molar-refractivity contribution is 0.378. The number of hydrogen-bond donors (Lipinski definition) is 1. The Morgan fingerprint density at radius 2 is 2.12 bits per heavy atom. The van der Waals surface area contributed by atoms with E-state index in [2.05, 4.69) is 44.5 Å². The summed E-state index contributed by atoms with van der Waals surface area (Å²) >= 11 is 1.63. The van der Waals surface area contributed by atoms with Gasteiger partial charge in [0, 0.05) is 20.1 Å². The summed E-state index contributed by atoms with van der Waals surface area (Å²) in [5.41, 5.74) is 3.69. The second-order valence-corrected chi connectivity index (χ2v) is 6.91. The Balaban J connectivity index is 0.00000196. The number of nitrogens with one attached hydrogen (secondary N) is 1. The monoisotopic (exact) mass is 480 g/mol. The summed E-state index contributed by atoms with van der Waals surface area (Å²) in [6.45, 7) is 2.45. The minimum Gasteiger partial charge on any atom is -0.443 e. The number of benzene rings is 1. The molecule has 4 rings (SSSR count). The van der Waals surface area contributed by atoms with Gasteiger partial charge in [0.25, 0.3) is 0 Å². The van der Waals surface area contributed by atoms with E-state index >= 15 is 0 Å².